The summed E-state index contributed by atoms with van der Waals surface area (Å²) in [6.07, 6.45) is 0.103. The normalized spacial score (nSPS) is 14.4. The number of nitrogens with one attached hydrogen (secondary N) is 1. The summed E-state index contributed by atoms with van der Waals surface area (Å²) < 4.78 is 8.05. The summed E-state index contributed by atoms with van der Waals surface area (Å²) >= 11 is 0. The van der Waals surface area contributed by atoms with E-state index in [4.69, 9.17) is 20.9 Å². The van der Waals surface area contributed by atoms with Gasteiger partial charge in [-0.05, 0) is 38.1 Å². The molecule has 1 aliphatic heterocycles. The van der Waals surface area contributed by atoms with Crippen molar-refractivity contribution in [1.82, 2.24) is 14.5 Å². The predicted octanol–water partition coefficient (Wildman–Crippen LogP) is 1.79. The van der Waals surface area contributed by atoms with Crippen LogP contribution in [0.25, 0.3) is 11.0 Å². The average Bonchev–Trinajstić information content (AvgIpc) is 3.10. The van der Waals surface area contributed by atoms with Crippen LogP contribution in [0.4, 0.5) is 5.69 Å². The molecule has 1 fully saturated rings. The van der Waals surface area contributed by atoms with E-state index in [0.717, 1.165) is 61.1 Å². The number of fused-ring (bicyclic) bond motifs is 1. The molecule has 0 unspecified atom stereocenters. The first-order valence-electron chi connectivity index (χ1n) is 10.8. The Morgan fingerprint density at radius 2 is 1.78 bits per heavy atom. The lowest BCUT2D eigenvalue weighted by atomic mass is 10.1. The quantitative estimate of drug-likeness (QED) is 0.199. The summed E-state index contributed by atoms with van der Waals surface area (Å²) in [6.45, 7) is 8.45. The highest BCUT2D eigenvalue weighted by molar-refractivity contribution is 6.00. The molecule has 0 bridgehead atoms. The number of nitrogens with zero attached hydrogens (tertiary/aromatic N) is 4. The smallest absolute Gasteiger partial charge is 0.124 e. The van der Waals surface area contributed by atoms with E-state index in [2.05, 4.69) is 51.3 Å². The highest BCUT2D eigenvalue weighted by Crippen LogP contribution is 2.28. The Kier molecular flexibility index (Phi) is 7.68. The van der Waals surface area contributed by atoms with E-state index in [1.165, 1.54) is 5.52 Å². The van der Waals surface area contributed by atoms with Crippen LogP contribution in [-0.4, -0.2) is 52.6 Å². The van der Waals surface area contributed by atoms with Crippen molar-refractivity contribution in [2.75, 3.05) is 31.1 Å². The number of hydrogen-bond donors (Lipinski definition) is 4. The zero-order valence-corrected chi connectivity index (χ0v) is 19.1. The maximum atomic E-state index is 7.96. The van der Waals surface area contributed by atoms with Gasteiger partial charge in [-0.25, -0.2) is 4.98 Å². The van der Waals surface area contributed by atoms with Crippen LogP contribution < -0.4 is 27.1 Å². The summed E-state index contributed by atoms with van der Waals surface area (Å²) in [5.41, 5.74) is 9.79. The van der Waals surface area contributed by atoms with E-state index in [0.29, 0.717) is 0 Å². The van der Waals surface area contributed by atoms with Gasteiger partial charge in [0.15, 0.2) is 0 Å². The number of rotatable bonds is 6. The number of ether oxygens (including phenoxy) is 1. The average molecular weight is 439 g/mol. The summed E-state index contributed by atoms with van der Waals surface area (Å²) in [5.74, 6) is 9.98. The molecule has 2 aromatic carbocycles. The Bertz CT molecular complexity index is 1050. The Labute approximate surface area is 189 Å². The zero-order chi connectivity index (χ0) is 23.3. The molecule has 9 heteroatoms. The van der Waals surface area contributed by atoms with E-state index in [9.17, 15) is 0 Å². The van der Waals surface area contributed by atoms with Crippen molar-refractivity contribution in [3.05, 3.63) is 53.9 Å². The Hall–Kier alpha value is -3.14. The standard InChI is InChI=1S/C23H30N6O.H4N2/c1-16(2)30-17-8-9-18(23(24)25)21(14-17)29-12-10-28(11-13-29)15-22-26-19-6-4-5-7-20(19)27(22)3;1-2/h4-9,14,16H,10-13,15H2,1-3H3,(H3,24,25);1-2H2. The van der Waals surface area contributed by atoms with Crippen molar-refractivity contribution in [2.24, 2.45) is 24.5 Å². The second-order valence-corrected chi connectivity index (χ2v) is 8.10. The highest BCUT2D eigenvalue weighted by Gasteiger charge is 2.22. The third-order valence-corrected chi connectivity index (χ3v) is 5.59. The number of hydrazine groups is 1. The molecule has 9 nitrogen and oxygen atoms in total. The van der Waals surface area contributed by atoms with Crippen LogP contribution in [0.3, 0.4) is 0 Å². The molecule has 2 heterocycles. The van der Waals surface area contributed by atoms with Crippen LogP contribution in [0, 0.1) is 5.41 Å². The number of piperazine rings is 1. The molecule has 172 valence electrons. The van der Waals surface area contributed by atoms with Crippen molar-refractivity contribution >= 4 is 22.6 Å². The maximum absolute atomic E-state index is 7.96. The number of imidazole rings is 1. The highest BCUT2D eigenvalue weighted by atomic mass is 16.5. The van der Waals surface area contributed by atoms with Crippen LogP contribution in [0.1, 0.15) is 25.2 Å². The Morgan fingerprint density at radius 1 is 1.09 bits per heavy atom. The monoisotopic (exact) mass is 438 g/mol. The molecule has 1 aromatic heterocycles. The van der Waals surface area contributed by atoms with Gasteiger partial charge in [0.1, 0.15) is 17.4 Å². The first kappa shape index (κ1) is 23.5. The largest absolute Gasteiger partial charge is 0.491 e. The number of aromatic nitrogens is 2. The zero-order valence-electron chi connectivity index (χ0n) is 19.1. The van der Waals surface area contributed by atoms with Crippen molar-refractivity contribution in [1.29, 1.82) is 5.41 Å². The Balaban J connectivity index is 0.00000141. The van der Waals surface area contributed by atoms with Crippen LogP contribution in [0.15, 0.2) is 42.5 Å². The molecule has 32 heavy (non-hydrogen) atoms. The van der Waals surface area contributed by atoms with E-state index in [1.54, 1.807) is 0 Å². The van der Waals surface area contributed by atoms with E-state index in [-0.39, 0.29) is 11.9 Å². The molecule has 0 amide bonds. The fourth-order valence-corrected chi connectivity index (χ4v) is 4.03. The molecule has 4 rings (SSSR count). The van der Waals surface area contributed by atoms with Crippen LogP contribution in [-0.2, 0) is 13.6 Å². The summed E-state index contributed by atoms with van der Waals surface area (Å²) in [7, 11) is 2.08. The molecule has 3 aromatic rings. The van der Waals surface area contributed by atoms with Crippen molar-refractivity contribution in [3.8, 4) is 5.75 Å². The molecular weight excluding hydrogens is 404 g/mol. The first-order valence-corrected chi connectivity index (χ1v) is 10.8. The van der Waals surface area contributed by atoms with E-state index >= 15 is 0 Å². The minimum Gasteiger partial charge on any atom is -0.491 e. The van der Waals surface area contributed by atoms with Gasteiger partial charge in [0.25, 0.3) is 0 Å². The van der Waals surface area contributed by atoms with Crippen LogP contribution in [0.2, 0.25) is 0 Å². The summed E-state index contributed by atoms with van der Waals surface area (Å²) in [4.78, 5) is 9.54. The molecule has 0 spiro atoms. The van der Waals surface area contributed by atoms with Crippen molar-refractivity contribution < 1.29 is 4.74 Å². The van der Waals surface area contributed by atoms with Gasteiger partial charge in [0.05, 0.1) is 29.4 Å². The van der Waals surface area contributed by atoms with Crippen molar-refractivity contribution in [3.63, 3.8) is 0 Å². The fraction of sp³-hybridized carbons (Fsp3) is 0.391. The summed E-state index contributed by atoms with van der Waals surface area (Å²) in [5, 5.41) is 7.96. The lowest BCUT2D eigenvalue weighted by Crippen LogP contribution is -2.46. The number of benzene rings is 2. The topological polar surface area (TPSA) is 135 Å². The summed E-state index contributed by atoms with van der Waals surface area (Å²) in [6, 6.07) is 14.0. The predicted molar refractivity (Wildman–Crippen MR) is 130 cm³/mol. The third kappa shape index (κ3) is 5.18. The van der Waals surface area contributed by atoms with Crippen LogP contribution >= 0.6 is 0 Å². The Morgan fingerprint density at radius 3 is 2.41 bits per heavy atom. The second kappa shape index (κ2) is 10.4. The molecule has 7 N–H and O–H groups in total. The molecule has 0 radical (unpaired) electrons. The number of para-hydroxylation sites is 2. The number of nitrogens with two attached hydrogens (primary N) is 3. The molecule has 0 saturated carbocycles. The number of anilines is 1. The van der Waals surface area contributed by atoms with Gasteiger partial charge in [-0.1, -0.05) is 12.1 Å². The molecule has 0 aliphatic carbocycles. The minimum absolute atomic E-state index is 0.0863. The first-order chi connectivity index (χ1) is 15.4. The van der Waals surface area contributed by atoms with Gasteiger partial charge in [0, 0.05) is 44.9 Å². The molecule has 1 aliphatic rings. The minimum atomic E-state index is 0.0863. The lowest BCUT2D eigenvalue weighted by Gasteiger charge is -2.37. The number of amidine groups is 1. The molecule has 0 atom stereocenters. The van der Waals surface area contributed by atoms with Gasteiger partial charge in [-0.15, -0.1) is 0 Å². The van der Waals surface area contributed by atoms with Gasteiger partial charge in [-0.2, -0.15) is 0 Å². The van der Waals surface area contributed by atoms with Crippen molar-refractivity contribution in [2.45, 2.75) is 26.5 Å². The van der Waals surface area contributed by atoms with E-state index < -0.39 is 0 Å². The fourth-order valence-electron chi connectivity index (χ4n) is 4.03. The number of hydrogen-bond acceptors (Lipinski definition) is 7. The number of nitrogen functional groups attached to an aromatic ring is 1. The van der Waals surface area contributed by atoms with E-state index in [1.807, 2.05) is 38.1 Å². The van der Waals surface area contributed by atoms with Gasteiger partial charge < -0.3 is 19.9 Å². The molecular formula is C23H34N8O. The lowest BCUT2D eigenvalue weighted by molar-refractivity contribution is 0.239. The number of aryl methyl sites for hydroxylation is 1. The van der Waals surface area contributed by atoms with Gasteiger partial charge >= 0.3 is 0 Å². The van der Waals surface area contributed by atoms with Crippen LogP contribution in [0.5, 0.6) is 5.75 Å². The maximum Gasteiger partial charge on any atom is 0.124 e. The second-order valence-electron chi connectivity index (χ2n) is 8.10. The van der Waals surface area contributed by atoms with Gasteiger partial charge in [-0.3, -0.25) is 22.0 Å². The molecule has 1 saturated heterocycles. The SMILES string of the molecule is CC(C)Oc1ccc(C(=N)N)c(N2CCN(Cc3nc4ccccc4n3C)CC2)c1.NN. The third-order valence-electron chi connectivity index (χ3n) is 5.59. The van der Waals surface area contributed by atoms with Gasteiger partial charge in [0.2, 0.25) is 0 Å².